The summed E-state index contributed by atoms with van der Waals surface area (Å²) >= 11 is 0. The maximum atomic E-state index is 11.5. The van der Waals surface area contributed by atoms with E-state index in [2.05, 4.69) is 0 Å². The third-order valence-electron chi connectivity index (χ3n) is 2.46. The van der Waals surface area contributed by atoms with E-state index < -0.39 is 18.2 Å². The van der Waals surface area contributed by atoms with Gasteiger partial charge in [-0.05, 0) is 20.3 Å². The molecule has 1 fully saturated rings. The SMILES string of the molecule is CC.CC(=O)C1C(O)CCN1C(=O)C(C)N. The number of hydrogen-bond acceptors (Lipinski definition) is 4. The summed E-state index contributed by atoms with van der Waals surface area (Å²) in [4.78, 5) is 24.1. The largest absolute Gasteiger partial charge is 0.390 e. The van der Waals surface area contributed by atoms with Gasteiger partial charge in [-0.3, -0.25) is 9.59 Å². The van der Waals surface area contributed by atoms with E-state index in [4.69, 9.17) is 5.73 Å². The zero-order valence-electron chi connectivity index (χ0n) is 10.4. The quantitative estimate of drug-likeness (QED) is 0.694. The second kappa shape index (κ2) is 6.60. The van der Waals surface area contributed by atoms with Gasteiger partial charge in [-0.15, -0.1) is 0 Å². The Morgan fingerprint density at radius 1 is 1.44 bits per heavy atom. The fourth-order valence-corrected chi connectivity index (χ4v) is 1.78. The molecular formula is C11H22N2O3. The highest BCUT2D eigenvalue weighted by Gasteiger charge is 2.39. The Hall–Kier alpha value is -0.940. The molecule has 0 spiro atoms. The van der Waals surface area contributed by atoms with Crippen molar-refractivity contribution in [3.05, 3.63) is 0 Å². The smallest absolute Gasteiger partial charge is 0.239 e. The van der Waals surface area contributed by atoms with Gasteiger partial charge in [0.15, 0.2) is 5.78 Å². The average molecular weight is 230 g/mol. The van der Waals surface area contributed by atoms with Crippen LogP contribution in [-0.4, -0.2) is 46.4 Å². The highest BCUT2D eigenvalue weighted by molar-refractivity contribution is 5.90. The van der Waals surface area contributed by atoms with Crippen LogP contribution in [0.5, 0.6) is 0 Å². The maximum absolute atomic E-state index is 11.5. The Morgan fingerprint density at radius 3 is 2.31 bits per heavy atom. The van der Waals surface area contributed by atoms with Gasteiger partial charge in [0.05, 0.1) is 12.1 Å². The highest BCUT2D eigenvalue weighted by atomic mass is 16.3. The van der Waals surface area contributed by atoms with Gasteiger partial charge < -0.3 is 15.7 Å². The molecule has 1 aliphatic rings. The zero-order chi connectivity index (χ0) is 12.9. The van der Waals surface area contributed by atoms with Crippen LogP contribution in [0.25, 0.3) is 0 Å². The molecule has 3 unspecified atom stereocenters. The number of amides is 1. The Balaban J connectivity index is 0.00000106. The van der Waals surface area contributed by atoms with Crippen molar-refractivity contribution in [3.8, 4) is 0 Å². The number of ketones is 1. The minimum Gasteiger partial charge on any atom is -0.390 e. The topological polar surface area (TPSA) is 83.6 Å². The fraction of sp³-hybridized carbons (Fsp3) is 0.818. The zero-order valence-corrected chi connectivity index (χ0v) is 10.4. The van der Waals surface area contributed by atoms with Crippen LogP contribution < -0.4 is 5.73 Å². The highest BCUT2D eigenvalue weighted by Crippen LogP contribution is 2.19. The summed E-state index contributed by atoms with van der Waals surface area (Å²) in [7, 11) is 0. The van der Waals surface area contributed by atoms with Gasteiger partial charge in [0.2, 0.25) is 5.91 Å². The number of nitrogens with zero attached hydrogens (tertiary/aromatic N) is 1. The summed E-state index contributed by atoms with van der Waals surface area (Å²) in [6.45, 7) is 7.36. The van der Waals surface area contributed by atoms with Crippen LogP contribution >= 0.6 is 0 Å². The first-order valence-corrected chi connectivity index (χ1v) is 5.69. The van der Waals surface area contributed by atoms with Gasteiger partial charge in [0, 0.05) is 6.54 Å². The molecule has 94 valence electrons. The van der Waals surface area contributed by atoms with Gasteiger partial charge in [-0.1, -0.05) is 13.8 Å². The second-order valence-electron chi connectivity index (χ2n) is 3.73. The van der Waals surface area contributed by atoms with E-state index in [0.29, 0.717) is 13.0 Å². The summed E-state index contributed by atoms with van der Waals surface area (Å²) < 4.78 is 0. The van der Waals surface area contributed by atoms with Crippen LogP contribution in [0.3, 0.4) is 0 Å². The van der Waals surface area contributed by atoms with Crippen LogP contribution in [-0.2, 0) is 9.59 Å². The summed E-state index contributed by atoms with van der Waals surface area (Å²) in [5.74, 6) is -0.467. The van der Waals surface area contributed by atoms with Gasteiger partial charge in [-0.25, -0.2) is 0 Å². The number of carbonyl (C=O) groups excluding carboxylic acids is 2. The predicted molar refractivity (Wildman–Crippen MR) is 61.8 cm³/mol. The molecule has 0 saturated carbocycles. The number of rotatable bonds is 2. The standard InChI is InChI=1S/C9H16N2O3.C2H6/c1-5(10)9(14)11-4-3-7(13)8(11)6(2)12;1-2/h5,7-8,13H,3-4,10H2,1-2H3;1-2H3. The van der Waals surface area contributed by atoms with Crippen molar-refractivity contribution in [2.45, 2.75) is 52.3 Å². The normalized spacial score (nSPS) is 25.8. The first-order chi connectivity index (χ1) is 7.45. The molecule has 0 radical (unpaired) electrons. The van der Waals surface area contributed by atoms with Gasteiger partial charge in [0.1, 0.15) is 6.04 Å². The van der Waals surface area contributed by atoms with Crippen molar-refractivity contribution in [2.75, 3.05) is 6.54 Å². The fourth-order valence-electron chi connectivity index (χ4n) is 1.78. The average Bonchev–Trinajstić information content (AvgIpc) is 2.61. The number of nitrogens with two attached hydrogens (primary N) is 1. The van der Waals surface area contributed by atoms with Crippen LogP contribution in [0, 0.1) is 0 Å². The Bertz CT molecular complexity index is 254. The van der Waals surface area contributed by atoms with Crippen molar-refractivity contribution in [1.29, 1.82) is 0 Å². The number of hydrogen-bond donors (Lipinski definition) is 2. The molecule has 5 heteroatoms. The van der Waals surface area contributed by atoms with Crippen LogP contribution in [0.2, 0.25) is 0 Å². The monoisotopic (exact) mass is 230 g/mol. The second-order valence-corrected chi connectivity index (χ2v) is 3.73. The molecule has 1 amide bonds. The Kier molecular flexibility index (Phi) is 6.21. The van der Waals surface area contributed by atoms with Crippen molar-refractivity contribution in [2.24, 2.45) is 5.73 Å². The molecule has 1 rings (SSSR count). The molecule has 1 saturated heterocycles. The van der Waals surface area contributed by atoms with Crippen LogP contribution in [0.4, 0.5) is 0 Å². The van der Waals surface area contributed by atoms with Crippen LogP contribution in [0.1, 0.15) is 34.1 Å². The predicted octanol–water partition coefficient (Wildman–Crippen LogP) is -0.0894. The summed E-state index contributed by atoms with van der Waals surface area (Å²) in [6.07, 6.45) is -0.293. The van der Waals surface area contributed by atoms with Crippen LogP contribution in [0.15, 0.2) is 0 Å². The number of Topliss-reactive ketones (excluding diaryl/α,β-unsaturated/α-hetero) is 1. The van der Waals surface area contributed by atoms with E-state index >= 15 is 0 Å². The molecule has 3 N–H and O–H groups in total. The van der Waals surface area contributed by atoms with E-state index in [-0.39, 0.29) is 11.7 Å². The molecule has 0 aromatic rings. The molecule has 5 nitrogen and oxygen atoms in total. The number of carbonyl (C=O) groups is 2. The molecule has 0 aromatic carbocycles. The molecule has 0 aliphatic carbocycles. The molecule has 1 heterocycles. The molecule has 0 bridgehead atoms. The van der Waals surface area contributed by atoms with E-state index in [9.17, 15) is 14.7 Å². The molecule has 0 aromatic heterocycles. The van der Waals surface area contributed by atoms with E-state index in [1.165, 1.54) is 11.8 Å². The van der Waals surface area contributed by atoms with Gasteiger partial charge in [0.25, 0.3) is 0 Å². The minimum absolute atomic E-state index is 0.191. The molecule has 16 heavy (non-hydrogen) atoms. The molecule has 1 aliphatic heterocycles. The van der Waals surface area contributed by atoms with Gasteiger partial charge >= 0.3 is 0 Å². The summed E-state index contributed by atoms with van der Waals surface area (Å²) in [5.41, 5.74) is 5.44. The lowest BCUT2D eigenvalue weighted by Crippen LogP contribution is -2.49. The third-order valence-corrected chi connectivity index (χ3v) is 2.46. The number of aliphatic hydroxyl groups is 1. The van der Waals surface area contributed by atoms with Crippen molar-refractivity contribution in [3.63, 3.8) is 0 Å². The number of aliphatic hydroxyl groups excluding tert-OH is 1. The maximum Gasteiger partial charge on any atom is 0.239 e. The van der Waals surface area contributed by atoms with Crippen molar-refractivity contribution < 1.29 is 14.7 Å². The Morgan fingerprint density at radius 2 is 1.94 bits per heavy atom. The molecule has 3 atom stereocenters. The number of likely N-dealkylation sites (tertiary alicyclic amines) is 1. The summed E-state index contributed by atoms with van der Waals surface area (Å²) in [6, 6.07) is -1.32. The first-order valence-electron chi connectivity index (χ1n) is 5.69. The summed E-state index contributed by atoms with van der Waals surface area (Å²) in [5, 5.41) is 9.50. The first kappa shape index (κ1) is 15.1. The Labute approximate surface area is 96.6 Å². The van der Waals surface area contributed by atoms with Crippen molar-refractivity contribution in [1.82, 2.24) is 4.90 Å². The van der Waals surface area contributed by atoms with Crippen molar-refractivity contribution >= 4 is 11.7 Å². The lowest BCUT2D eigenvalue weighted by atomic mass is 10.1. The lowest BCUT2D eigenvalue weighted by Gasteiger charge is -2.25. The minimum atomic E-state index is -0.741. The van der Waals surface area contributed by atoms with E-state index in [1.807, 2.05) is 13.8 Å². The lowest BCUT2D eigenvalue weighted by molar-refractivity contribution is -0.139. The van der Waals surface area contributed by atoms with E-state index in [1.54, 1.807) is 6.92 Å². The molecular weight excluding hydrogens is 208 g/mol. The van der Waals surface area contributed by atoms with E-state index in [0.717, 1.165) is 0 Å². The van der Waals surface area contributed by atoms with Gasteiger partial charge in [-0.2, -0.15) is 0 Å². The third kappa shape index (κ3) is 3.28.